The molecule has 4 rings (SSSR count). The van der Waals surface area contributed by atoms with E-state index < -0.39 is 0 Å². The monoisotopic (exact) mass is 344 g/mol. The van der Waals surface area contributed by atoms with Crippen LogP contribution in [0.3, 0.4) is 0 Å². The SMILES string of the molecule is C[C@@H]1CCCC[C@H]1OCCN1CCN(c2ccc3nncn3n2)CC1. The molecule has 1 saturated carbocycles. The maximum atomic E-state index is 6.16. The molecule has 1 saturated heterocycles. The van der Waals surface area contributed by atoms with Crippen LogP contribution in [0, 0.1) is 5.92 Å². The molecule has 0 amide bonds. The quantitative estimate of drug-likeness (QED) is 0.825. The van der Waals surface area contributed by atoms with Gasteiger partial charge in [-0.1, -0.05) is 19.8 Å². The Morgan fingerprint density at radius 1 is 1.12 bits per heavy atom. The van der Waals surface area contributed by atoms with Crippen LogP contribution in [-0.4, -0.2) is 70.1 Å². The molecule has 2 fully saturated rings. The first-order valence-corrected chi connectivity index (χ1v) is 9.55. The minimum atomic E-state index is 0.481. The van der Waals surface area contributed by atoms with Crippen LogP contribution in [0.15, 0.2) is 18.5 Å². The van der Waals surface area contributed by atoms with Crippen molar-refractivity contribution in [3.63, 3.8) is 0 Å². The number of piperazine rings is 1. The van der Waals surface area contributed by atoms with E-state index in [9.17, 15) is 0 Å². The molecule has 0 bridgehead atoms. The van der Waals surface area contributed by atoms with E-state index in [1.165, 1.54) is 25.7 Å². The Kier molecular flexibility index (Phi) is 5.12. The van der Waals surface area contributed by atoms with Crippen LogP contribution >= 0.6 is 0 Å². The van der Waals surface area contributed by atoms with Gasteiger partial charge >= 0.3 is 0 Å². The molecule has 25 heavy (non-hydrogen) atoms. The van der Waals surface area contributed by atoms with Gasteiger partial charge in [-0.2, -0.15) is 4.52 Å². The third-order valence-corrected chi connectivity index (χ3v) is 5.62. The number of anilines is 1. The maximum Gasteiger partial charge on any atom is 0.177 e. The molecule has 7 heteroatoms. The predicted octanol–water partition coefficient (Wildman–Crippen LogP) is 1.84. The highest BCUT2D eigenvalue weighted by molar-refractivity contribution is 5.45. The van der Waals surface area contributed by atoms with Gasteiger partial charge in [-0.25, -0.2) is 0 Å². The topological polar surface area (TPSA) is 58.8 Å². The van der Waals surface area contributed by atoms with Gasteiger partial charge in [-0.3, -0.25) is 4.90 Å². The first kappa shape index (κ1) is 16.7. The molecule has 0 unspecified atom stereocenters. The molecule has 136 valence electrons. The highest BCUT2D eigenvalue weighted by atomic mass is 16.5. The smallest absolute Gasteiger partial charge is 0.177 e. The molecule has 1 aliphatic carbocycles. The summed E-state index contributed by atoms with van der Waals surface area (Å²) in [5, 5.41) is 12.5. The Balaban J connectivity index is 1.22. The Bertz CT molecular complexity index is 681. The molecule has 2 aromatic rings. The van der Waals surface area contributed by atoms with Crippen molar-refractivity contribution in [2.45, 2.75) is 38.7 Å². The Morgan fingerprint density at radius 2 is 1.96 bits per heavy atom. The van der Waals surface area contributed by atoms with E-state index in [-0.39, 0.29) is 0 Å². The minimum Gasteiger partial charge on any atom is -0.377 e. The van der Waals surface area contributed by atoms with Crippen molar-refractivity contribution in [2.24, 2.45) is 5.92 Å². The number of fused-ring (bicyclic) bond motifs is 1. The second-order valence-corrected chi connectivity index (χ2v) is 7.32. The zero-order valence-corrected chi connectivity index (χ0v) is 15.0. The molecule has 2 aromatic heterocycles. The van der Waals surface area contributed by atoms with E-state index in [2.05, 4.69) is 32.0 Å². The first-order chi connectivity index (χ1) is 12.3. The lowest BCUT2D eigenvalue weighted by molar-refractivity contribution is -0.0141. The van der Waals surface area contributed by atoms with Crippen LogP contribution < -0.4 is 4.90 Å². The van der Waals surface area contributed by atoms with Gasteiger partial charge in [0.05, 0.1) is 12.7 Å². The predicted molar refractivity (Wildman–Crippen MR) is 96.8 cm³/mol. The lowest BCUT2D eigenvalue weighted by Crippen LogP contribution is -2.48. The average Bonchev–Trinajstić information content (AvgIpc) is 3.12. The fraction of sp³-hybridized carbons (Fsp3) is 0.722. The van der Waals surface area contributed by atoms with Crippen molar-refractivity contribution < 1.29 is 4.74 Å². The number of ether oxygens (including phenoxy) is 1. The molecule has 0 radical (unpaired) electrons. The standard InChI is InChI=1S/C18H28N6O/c1-15-4-2-3-5-16(15)25-13-12-22-8-10-23(11-9-22)18-7-6-17-20-19-14-24(17)21-18/h6-7,14-16H,2-5,8-13H2,1H3/t15-,16-/m1/s1. The minimum absolute atomic E-state index is 0.481. The second kappa shape index (κ2) is 7.66. The fourth-order valence-electron chi connectivity index (χ4n) is 3.95. The van der Waals surface area contributed by atoms with Gasteiger partial charge in [-0.15, -0.1) is 15.3 Å². The number of hydrogen-bond donors (Lipinski definition) is 0. The largest absolute Gasteiger partial charge is 0.377 e. The summed E-state index contributed by atoms with van der Waals surface area (Å²) in [6, 6.07) is 4.01. The molecule has 7 nitrogen and oxygen atoms in total. The number of rotatable bonds is 5. The van der Waals surface area contributed by atoms with Crippen molar-refractivity contribution in [2.75, 3.05) is 44.2 Å². The van der Waals surface area contributed by atoms with Crippen LogP contribution in [0.1, 0.15) is 32.6 Å². The van der Waals surface area contributed by atoms with Crippen molar-refractivity contribution in [1.82, 2.24) is 24.7 Å². The highest BCUT2D eigenvalue weighted by Gasteiger charge is 2.23. The lowest BCUT2D eigenvalue weighted by atomic mass is 9.88. The van der Waals surface area contributed by atoms with E-state index in [1.54, 1.807) is 10.8 Å². The Morgan fingerprint density at radius 3 is 2.80 bits per heavy atom. The van der Waals surface area contributed by atoms with Gasteiger partial charge in [0.2, 0.25) is 0 Å². The summed E-state index contributed by atoms with van der Waals surface area (Å²) >= 11 is 0. The summed E-state index contributed by atoms with van der Waals surface area (Å²) in [6.45, 7) is 8.36. The molecule has 0 aromatic carbocycles. The van der Waals surface area contributed by atoms with E-state index in [4.69, 9.17) is 4.74 Å². The molecule has 1 aliphatic heterocycles. The summed E-state index contributed by atoms with van der Waals surface area (Å²) < 4.78 is 7.90. The van der Waals surface area contributed by atoms with Crippen LogP contribution in [-0.2, 0) is 4.74 Å². The molecule has 2 atom stereocenters. The van der Waals surface area contributed by atoms with E-state index >= 15 is 0 Å². The summed E-state index contributed by atoms with van der Waals surface area (Å²) in [5.41, 5.74) is 0.788. The van der Waals surface area contributed by atoms with Gasteiger partial charge in [0.25, 0.3) is 0 Å². The zero-order valence-electron chi connectivity index (χ0n) is 15.0. The van der Waals surface area contributed by atoms with E-state index in [0.717, 1.165) is 56.7 Å². The van der Waals surface area contributed by atoms with Gasteiger partial charge < -0.3 is 9.64 Å². The second-order valence-electron chi connectivity index (χ2n) is 7.32. The van der Waals surface area contributed by atoms with Crippen molar-refractivity contribution >= 4 is 11.5 Å². The third kappa shape index (κ3) is 3.93. The fourth-order valence-corrected chi connectivity index (χ4v) is 3.95. The number of nitrogens with zero attached hydrogens (tertiary/aromatic N) is 6. The Hall–Kier alpha value is -1.73. The molecule has 2 aliphatic rings. The van der Waals surface area contributed by atoms with Crippen LogP contribution in [0.5, 0.6) is 0 Å². The van der Waals surface area contributed by atoms with Gasteiger partial charge in [-0.05, 0) is 30.9 Å². The van der Waals surface area contributed by atoms with Gasteiger partial charge in [0.1, 0.15) is 12.1 Å². The number of hydrogen-bond acceptors (Lipinski definition) is 6. The molecule has 0 N–H and O–H groups in total. The van der Waals surface area contributed by atoms with Crippen molar-refractivity contribution in [3.05, 3.63) is 18.5 Å². The molecule has 0 spiro atoms. The molecule has 3 heterocycles. The Labute approximate surface area is 149 Å². The maximum absolute atomic E-state index is 6.16. The van der Waals surface area contributed by atoms with Crippen LogP contribution in [0.2, 0.25) is 0 Å². The normalized spacial score (nSPS) is 25.6. The lowest BCUT2D eigenvalue weighted by Gasteiger charge is -2.36. The highest BCUT2D eigenvalue weighted by Crippen LogP contribution is 2.26. The van der Waals surface area contributed by atoms with Crippen LogP contribution in [0.4, 0.5) is 5.82 Å². The van der Waals surface area contributed by atoms with E-state index in [0.29, 0.717) is 6.10 Å². The average molecular weight is 344 g/mol. The molecular formula is C18H28N6O. The van der Waals surface area contributed by atoms with E-state index in [1.807, 2.05) is 12.1 Å². The van der Waals surface area contributed by atoms with Crippen molar-refractivity contribution in [1.29, 1.82) is 0 Å². The van der Waals surface area contributed by atoms with Crippen LogP contribution in [0.25, 0.3) is 5.65 Å². The van der Waals surface area contributed by atoms with Gasteiger partial charge in [0, 0.05) is 32.7 Å². The summed E-state index contributed by atoms with van der Waals surface area (Å²) in [5.74, 6) is 1.73. The third-order valence-electron chi connectivity index (χ3n) is 5.62. The first-order valence-electron chi connectivity index (χ1n) is 9.55. The summed E-state index contributed by atoms with van der Waals surface area (Å²) in [7, 11) is 0. The number of aromatic nitrogens is 4. The summed E-state index contributed by atoms with van der Waals surface area (Å²) in [6.07, 6.45) is 7.41. The summed E-state index contributed by atoms with van der Waals surface area (Å²) in [4.78, 5) is 4.83. The van der Waals surface area contributed by atoms with Crippen molar-refractivity contribution in [3.8, 4) is 0 Å². The zero-order chi connectivity index (χ0) is 17.1. The van der Waals surface area contributed by atoms with Gasteiger partial charge in [0.15, 0.2) is 5.65 Å². The molecular weight excluding hydrogens is 316 g/mol.